The molecule has 0 atom stereocenters. The summed E-state index contributed by atoms with van der Waals surface area (Å²) in [5, 5.41) is 0. The van der Waals surface area contributed by atoms with Crippen molar-refractivity contribution in [3.8, 4) is 11.8 Å². The normalized spacial score (nSPS) is 9.85. The fourth-order valence-electron chi connectivity index (χ4n) is 1.48. The standard InChI is InChI=1S/C13H24/c1-4-7-8-9-10-11-12-13(5-2)6-3/h13H,4-7,10-12H2,1-3H3. The molecule has 0 aromatic carbocycles. The maximum absolute atomic E-state index is 3.24. The second-order valence-electron chi connectivity index (χ2n) is 3.68. The van der Waals surface area contributed by atoms with Crippen LogP contribution in [-0.2, 0) is 0 Å². The smallest absolute Gasteiger partial charge is 0.00887 e. The monoisotopic (exact) mass is 180 g/mol. The Hall–Kier alpha value is -0.440. The molecule has 0 aliphatic carbocycles. The molecule has 0 aromatic rings. The molecule has 0 radical (unpaired) electrons. The number of unbranched alkanes of at least 4 members (excludes halogenated alkanes) is 2. The van der Waals surface area contributed by atoms with Gasteiger partial charge in [0.25, 0.3) is 0 Å². The van der Waals surface area contributed by atoms with E-state index in [1.807, 2.05) is 0 Å². The van der Waals surface area contributed by atoms with Crippen molar-refractivity contribution in [2.24, 2.45) is 5.92 Å². The Morgan fingerprint density at radius 1 is 0.923 bits per heavy atom. The van der Waals surface area contributed by atoms with Gasteiger partial charge in [-0.05, 0) is 25.2 Å². The molecule has 13 heavy (non-hydrogen) atoms. The summed E-state index contributed by atoms with van der Waals surface area (Å²) in [6.45, 7) is 6.76. The first kappa shape index (κ1) is 12.6. The predicted molar refractivity (Wildman–Crippen MR) is 60.6 cm³/mol. The third-order valence-electron chi connectivity index (χ3n) is 2.57. The highest BCUT2D eigenvalue weighted by Gasteiger charge is 2.00. The van der Waals surface area contributed by atoms with E-state index < -0.39 is 0 Å². The predicted octanol–water partition coefficient (Wildman–Crippen LogP) is 4.40. The second kappa shape index (κ2) is 9.65. The molecule has 0 aromatic heterocycles. The molecule has 0 unspecified atom stereocenters. The number of hydrogen-bond acceptors (Lipinski definition) is 0. The van der Waals surface area contributed by atoms with E-state index >= 15 is 0 Å². The van der Waals surface area contributed by atoms with Gasteiger partial charge in [0.15, 0.2) is 0 Å². The van der Waals surface area contributed by atoms with E-state index in [0.29, 0.717) is 0 Å². The van der Waals surface area contributed by atoms with Crippen LogP contribution in [0.2, 0.25) is 0 Å². The lowest BCUT2D eigenvalue weighted by Crippen LogP contribution is -1.95. The van der Waals surface area contributed by atoms with Crippen LogP contribution in [0, 0.1) is 17.8 Å². The van der Waals surface area contributed by atoms with E-state index in [0.717, 1.165) is 18.8 Å². The third kappa shape index (κ3) is 7.91. The number of rotatable bonds is 6. The first-order chi connectivity index (χ1) is 6.35. The van der Waals surface area contributed by atoms with E-state index in [4.69, 9.17) is 0 Å². The zero-order chi connectivity index (χ0) is 9.94. The van der Waals surface area contributed by atoms with Gasteiger partial charge in [0, 0.05) is 12.8 Å². The second-order valence-corrected chi connectivity index (χ2v) is 3.68. The SMILES string of the molecule is CCCC#CCCCC(CC)CC. The van der Waals surface area contributed by atoms with Gasteiger partial charge >= 0.3 is 0 Å². The van der Waals surface area contributed by atoms with Gasteiger partial charge in [-0.2, -0.15) is 0 Å². The van der Waals surface area contributed by atoms with Gasteiger partial charge < -0.3 is 0 Å². The van der Waals surface area contributed by atoms with Crippen LogP contribution in [0.4, 0.5) is 0 Å². The van der Waals surface area contributed by atoms with Crippen LogP contribution in [-0.4, -0.2) is 0 Å². The van der Waals surface area contributed by atoms with Crippen molar-refractivity contribution >= 4 is 0 Å². The largest absolute Gasteiger partial charge is 0.103 e. The Kier molecular flexibility index (Phi) is 9.32. The minimum absolute atomic E-state index is 0.938. The molecule has 0 bridgehead atoms. The highest BCUT2D eigenvalue weighted by atomic mass is 14.1. The summed E-state index contributed by atoms with van der Waals surface area (Å²) in [5.41, 5.74) is 0. The molecule has 0 spiro atoms. The summed E-state index contributed by atoms with van der Waals surface area (Å²) < 4.78 is 0. The summed E-state index contributed by atoms with van der Waals surface area (Å²) in [6, 6.07) is 0. The molecule has 0 N–H and O–H groups in total. The van der Waals surface area contributed by atoms with Crippen molar-refractivity contribution in [1.29, 1.82) is 0 Å². The van der Waals surface area contributed by atoms with Gasteiger partial charge in [0.2, 0.25) is 0 Å². The van der Waals surface area contributed by atoms with E-state index in [1.165, 1.54) is 32.1 Å². The van der Waals surface area contributed by atoms with Gasteiger partial charge in [-0.25, -0.2) is 0 Å². The molecule has 0 fully saturated rings. The van der Waals surface area contributed by atoms with Crippen LogP contribution in [0.3, 0.4) is 0 Å². The Morgan fingerprint density at radius 3 is 2.08 bits per heavy atom. The Labute approximate surface area is 84.1 Å². The van der Waals surface area contributed by atoms with Crippen LogP contribution in [0.5, 0.6) is 0 Å². The molecule has 0 amide bonds. The molecule has 0 saturated heterocycles. The molecule has 0 aliphatic rings. The Balaban J connectivity index is 3.29. The van der Waals surface area contributed by atoms with E-state index in [9.17, 15) is 0 Å². The van der Waals surface area contributed by atoms with Crippen LogP contribution in [0.25, 0.3) is 0 Å². The lowest BCUT2D eigenvalue weighted by atomic mass is 9.97. The summed E-state index contributed by atoms with van der Waals surface area (Å²) >= 11 is 0. The first-order valence-corrected chi connectivity index (χ1v) is 5.80. The molecule has 0 saturated carbocycles. The summed E-state index contributed by atoms with van der Waals surface area (Å²) in [4.78, 5) is 0. The minimum Gasteiger partial charge on any atom is -0.103 e. The molecular formula is C13H24. The van der Waals surface area contributed by atoms with Gasteiger partial charge in [0.1, 0.15) is 0 Å². The molecule has 0 rings (SSSR count). The first-order valence-electron chi connectivity index (χ1n) is 5.80. The fraction of sp³-hybridized carbons (Fsp3) is 0.846. The van der Waals surface area contributed by atoms with Crippen molar-refractivity contribution in [3.05, 3.63) is 0 Å². The lowest BCUT2D eigenvalue weighted by molar-refractivity contribution is 0.444. The maximum Gasteiger partial charge on any atom is 0.00887 e. The van der Waals surface area contributed by atoms with E-state index in [1.54, 1.807) is 0 Å². The van der Waals surface area contributed by atoms with Gasteiger partial charge in [-0.1, -0.05) is 33.6 Å². The zero-order valence-corrected chi connectivity index (χ0v) is 9.53. The Bertz CT molecular complexity index is 143. The minimum atomic E-state index is 0.938. The summed E-state index contributed by atoms with van der Waals surface area (Å²) in [5.74, 6) is 7.37. The Morgan fingerprint density at radius 2 is 1.54 bits per heavy atom. The summed E-state index contributed by atoms with van der Waals surface area (Å²) in [6.07, 6.45) is 8.70. The van der Waals surface area contributed by atoms with Crippen LogP contribution < -0.4 is 0 Å². The van der Waals surface area contributed by atoms with Crippen molar-refractivity contribution < 1.29 is 0 Å². The topological polar surface area (TPSA) is 0 Å². The average Bonchev–Trinajstić information content (AvgIpc) is 2.17. The van der Waals surface area contributed by atoms with Crippen molar-refractivity contribution in [3.63, 3.8) is 0 Å². The molecule has 0 heterocycles. The third-order valence-corrected chi connectivity index (χ3v) is 2.57. The lowest BCUT2D eigenvalue weighted by Gasteiger charge is -2.09. The molecule has 0 heteroatoms. The zero-order valence-electron chi connectivity index (χ0n) is 9.53. The quantitative estimate of drug-likeness (QED) is 0.420. The molecule has 76 valence electrons. The molecule has 0 nitrogen and oxygen atoms in total. The fourth-order valence-corrected chi connectivity index (χ4v) is 1.48. The number of hydrogen-bond donors (Lipinski definition) is 0. The van der Waals surface area contributed by atoms with Crippen molar-refractivity contribution in [1.82, 2.24) is 0 Å². The molecule has 0 aliphatic heterocycles. The van der Waals surface area contributed by atoms with Gasteiger partial charge in [-0.3, -0.25) is 0 Å². The average molecular weight is 180 g/mol. The summed E-state index contributed by atoms with van der Waals surface area (Å²) in [7, 11) is 0. The van der Waals surface area contributed by atoms with E-state index in [-0.39, 0.29) is 0 Å². The van der Waals surface area contributed by atoms with Gasteiger partial charge in [0.05, 0.1) is 0 Å². The van der Waals surface area contributed by atoms with Crippen LogP contribution >= 0.6 is 0 Å². The highest BCUT2D eigenvalue weighted by molar-refractivity contribution is 4.98. The van der Waals surface area contributed by atoms with E-state index in [2.05, 4.69) is 32.6 Å². The maximum atomic E-state index is 3.24. The van der Waals surface area contributed by atoms with Crippen molar-refractivity contribution in [2.45, 2.75) is 65.7 Å². The molecular weight excluding hydrogens is 156 g/mol. The van der Waals surface area contributed by atoms with Crippen molar-refractivity contribution in [2.75, 3.05) is 0 Å². The van der Waals surface area contributed by atoms with Crippen LogP contribution in [0.15, 0.2) is 0 Å². The van der Waals surface area contributed by atoms with Crippen LogP contribution in [0.1, 0.15) is 65.7 Å². The highest BCUT2D eigenvalue weighted by Crippen LogP contribution is 2.15. The van der Waals surface area contributed by atoms with Gasteiger partial charge in [-0.15, -0.1) is 11.8 Å².